The standard InChI is InChI=1S/C20H24N2O2/c1-15-7-9-18-17(13-15)8-10-19(24-18)20(23)22(12-11-21)14-16-5-3-2-4-6-16/h2-7,9,13,19H,8,10-12,14,21H2,1H3/t19-/m0/s1. The maximum Gasteiger partial charge on any atom is 0.263 e. The van der Waals surface area contributed by atoms with Gasteiger partial charge in [-0.05, 0) is 37.0 Å². The van der Waals surface area contributed by atoms with Crippen molar-refractivity contribution in [1.82, 2.24) is 4.90 Å². The third kappa shape index (κ3) is 3.77. The lowest BCUT2D eigenvalue weighted by atomic mass is 9.99. The quantitative estimate of drug-likeness (QED) is 0.920. The number of carbonyl (C=O) groups is 1. The van der Waals surface area contributed by atoms with Gasteiger partial charge in [0.25, 0.3) is 5.91 Å². The smallest absolute Gasteiger partial charge is 0.263 e. The number of carbonyl (C=O) groups excluding carboxylic acids is 1. The van der Waals surface area contributed by atoms with Gasteiger partial charge in [0.2, 0.25) is 0 Å². The highest BCUT2D eigenvalue weighted by molar-refractivity contribution is 5.81. The molecule has 0 bridgehead atoms. The molecule has 2 aromatic carbocycles. The van der Waals surface area contributed by atoms with Crippen LogP contribution in [0.25, 0.3) is 0 Å². The first-order chi connectivity index (χ1) is 11.7. The second-order valence-electron chi connectivity index (χ2n) is 6.29. The maximum absolute atomic E-state index is 12.9. The molecular formula is C20H24N2O2. The molecule has 0 saturated carbocycles. The van der Waals surface area contributed by atoms with Gasteiger partial charge in [-0.3, -0.25) is 4.79 Å². The molecule has 3 rings (SSSR count). The maximum atomic E-state index is 12.9. The van der Waals surface area contributed by atoms with E-state index in [1.807, 2.05) is 42.5 Å². The highest BCUT2D eigenvalue weighted by Gasteiger charge is 2.29. The van der Waals surface area contributed by atoms with E-state index < -0.39 is 6.10 Å². The van der Waals surface area contributed by atoms with Gasteiger partial charge in [-0.15, -0.1) is 0 Å². The number of ether oxygens (including phenoxy) is 1. The highest BCUT2D eigenvalue weighted by atomic mass is 16.5. The van der Waals surface area contributed by atoms with Crippen molar-refractivity contribution in [2.24, 2.45) is 5.73 Å². The Labute approximate surface area is 143 Å². The minimum absolute atomic E-state index is 0.0236. The van der Waals surface area contributed by atoms with Gasteiger partial charge in [0, 0.05) is 19.6 Å². The molecule has 2 N–H and O–H groups in total. The van der Waals surface area contributed by atoms with E-state index in [9.17, 15) is 4.79 Å². The van der Waals surface area contributed by atoms with Gasteiger partial charge in [-0.1, -0.05) is 48.0 Å². The van der Waals surface area contributed by atoms with Crippen molar-refractivity contribution in [2.45, 2.75) is 32.4 Å². The highest BCUT2D eigenvalue weighted by Crippen LogP contribution is 2.29. The fraction of sp³-hybridized carbons (Fsp3) is 0.350. The zero-order valence-electron chi connectivity index (χ0n) is 14.1. The summed E-state index contributed by atoms with van der Waals surface area (Å²) >= 11 is 0. The first-order valence-electron chi connectivity index (χ1n) is 8.46. The summed E-state index contributed by atoms with van der Waals surface area (Å²) in [5, 5.41) is 0. The lowest BCUT2D eigenvalue weighted by Crippen LogP contribution is -2.45. The Morgan fingerprint density at radius 2 is 2.04 bits per heavy atom. The van der Waals surface area contributed by atoms with Crippen LogP contribution < -0.4 is 10.5 Å². The van der Waals surface area contributed by atoms with Crippen molar-refractivity contribution in [3.8, 4) is 5.75 Å². The molecule has 0 aliphatic carbocycles. The van der Waals surface area contributed by atoms with Crippen LogP contribution in [0, 0.1) is 6.92 Å². The fourth-order valence-electron chi connectivity index (χ4n) is 3.12. The van der Waals surface area contributed by atoms with Crippen molar-refractivity contribution in [2.75, 3.05) is 13.1 Å². The number of fused-ring (bicyclic) bond motifs is 1. The molecular weight excluding hydrogens is 300 g/mol. The van der Waals surface area contributed by atoms with Crippen LogP contribution in [-0.2, 0) is 17.8 Å². The molecule has 126 valence electrons. The molecule has 1 atom stereocenters. The summed E-state index contributed by atoms with van der Waals surface area (Å²) in [4.78, 5) is 14.7. The third-order valence-corrected chi connectivity index (χ3v) is 4.36. The number of aryl methyl sites for hydroxylation is 2. The van der Waals surface area contributed by atoms with Gasteiger partial charge in [0.15, 0.2) is 6.10 Å². The van der Waals surface area contributed by atoms with Crippen LogP contribution >= 0.6 is 0 Å². The lowest BCUT2D eigenvalue weighted by Gasteiger charge is -2.31. The number of benzene rings is 2. The summed E-state index contributed by atoms with van der Waals surface area (Å²) in [5.74, 6) is 0.855. The molecule has 4 heteroatoms. The molecule has 4 nitrogen and oxygen atoms in total. The van der Waals surface area contributed by atoms with E-state index in [2.05, 4.69) is 13.0 Å². The van der Waals surface area contributed by atoms with Crippen molar-refractivity contribution in [1.29, 1.82) is 0 Å². The molecule has 1 aliphatic rings. The molecule has 0 saturated heterocycles. The zero-order valence-corrected chi connectivity index (χ0v) is 14.1. The van der Waals surface area contributed by atoms with Crippen LogP contribution in [0.2, 0.25) is 0 Å². The summed E-state index contributed by atoms with van der Waals surface area (Å²) in [6.45, 7) is 3.62. The van der Waals surface area contributed by atoms with Crippen LogP contribution in [0.1, 0.15) is 23.1 Å². The monoisotopic (exact) mass is 324 g/mol. The summed E-state index contributed by atoms with van der Waals surface area (Å²) < 4.78 is 5.98. The summed E-state index contributed by atoms with van der Waals surface area (Å²) in [6, 6.07) is 16.1. The van der Waals surface area contributed by atoms with E-state index in [1.54, 1.807) is 4.90 Å². The van der Waals surface area contributed by atoms with E-state index in [-0.39, 0.29) is 5.91 Å². The van der Waals surface area contributed by atoms with Gasteiger partial charge in [-0.25, -0.2) is 0 Å². The minimum atomic E-state index is -0.421. The van der Waals surface area contributed by atoms with Crippen molar-refractivity contribution >= 4 is 5.91 Å². The molecule has 1 aliphatic heterocycles. The van der Waals surface area contributed by atoms with Gasteiger partial charge in [0.1, 0.15) is 5.75 Å². The van der Waals surface area contributed by atoms with Crippen LogP contribution in [0.4, 0.5) is 0 Å². The topological polar surface area (TPSA) is 55.6 Å². The number of hydrogen-bond acceptors (Lipinski definition) is 3. The van der Waals surface area contributed by atoms with E-state index in [1.165, 1.54) is 11.1 Å². The van der Waals surface area contributed by atoms with E-state index in [0.29, 0.717) is 26.1 Å². The third-order valence-electron chi connectivity index (χ3n) is 4.36. The SMILES string of the molecule is Cc1ccc2c(c1)CC[C@@H](C(=O)N(CCN)Cc1ccccc1)O2. The Morgan fingerprint density at radius 1 is 1.25 bits per heavy atom. The predicted octanol–water partition coefficient (Wildman–Crippen LogP) is 2.68. The number of rotatable bonds is 5. The van der Waals surface area contributed by atoms with Gasteiger partial charge >= 0.3 is 0 Å². The van der Waals surface area contributed by atoms with E-state index >= 15 is 0 Å². The largest absolute Gasteiger partial charge is 0.480 e. The first-order valence-corrected chi connectivity index (χ1v) is 8.46. The van der Waals surface area contributed by atoms with Crippen LogP contribution in [0.5, 0.6) is 5.75 Å². The number of amides is 1. The zero-order chi connectivity index (χ0) is 16.9. The number of hydrogen-bond donors (Lipinski definition) is 1. The Hall–Kier alpha value is -2.33. The second-order valence-corrected chi connectivity index (χ2v) is 6.29. The average molecular weight is 324 g/mol. The normalized spacial score (nSPS) is 16.2. The van der Waals surface area contributed by atoms with E-state index in [4.69, 9.17) is 10.5 Å². The lowest BCUT2D eigenvalue weighted by molar-refractivity contribution is -0.140. The Bertz CT molecular complexity index is 700. The molecule has 0 spiro atoms. The average Bonchev–Trinajstić information content (AvgIpc) is 2.61. The Morgan fingerprint density at radius 3 is 2.79 bits per heavy atom. The Balaban J connectivity index is 1.72. The molecule has 0 radical (unpaired) electrons. The van der Waals surface area contributed by atoms with Crippen molar-refractivity contribution < 1.29 is 9.53 Å². The number of nitrogens with two attached hydrogens (primary N) is 1. The summed E-state index contributed by atoms with van der Waals surface area (Å²) in [5.41, 5.74) is 9.22. The fourth-order valence-corrected chi connectivity index (χ4v) is 3.12. The minimum Gasteiger partial charge on any atom is -0.480 e. The van der Waals surface area contributed by atoms with Crippen molar-refractivity contribution in [3.63, 3.8) is 0 Å². The van der Waals surface area contributed by atoms with Crippen LogP contribution in [0.3, 0.4) is 0 Å². The summed E-state index contributed by atoms with van der Waals surface area (Å²) in [6.07, 6.45) is 1.16. The molecule has 24 heavy (non-hydrogen) atoms. The number of nitrogens with zero attached hydrogens (tertiary/aromatic N) is 1. The molecule has 0 fully saturated rings. The first kappa shape index (κ1) is 16.5. The summed E-state index contributed by atoms with van der Waals surface area (Å²) in [7, 11) is 0. The van der Waals surface area contributed by atoms with Crippen LogP contribution in [-0.4, -0.2) is 30.0 Å². The van der Waals surface area contributed by atoms with Gasteiger partial charge in [-0.2, -0.15) is 0 Å². The van der Waals surface area contributed by atoms with Crippen LogP contribution in [0.15, 0.2) is 48.5 Å². The van der Waals surface area contributed by atoms with E-state index in [0.717, 1.165) is 17.7 Å². The molecule has 1 heterocycles. The molecule has 1 amide bonds. The van der Waals surface area contributed by atoms with Gasteiger partial charge < -0.3 is 15.4 Å². The predicted molar refractivity (Wildman–Crippen MR) is 94.8 cm³/mol. The Kier molecular flexibility index (Phi) is 5.16. The van der Waals surface area contributed by atoms with Gasteiger partial charge in [0.05, 0.1) is 0 Å². The second kappa shape index (κ2) is 7.49. The molecule has 0 unspecified atom stereocenters. The molecule has 2 aromatic rings. The molecule has 0 aromatic heterocycles. The van der Waals surface area contributed by atoms with Crippen molar-refractivity contribution in [3.05, 3.63) is 65.2 Å².